The van der Waals surface area contributed by atoms with Gasteiger partial charge in [0.15, 0.2) is 5.60 Å². The van der Waals surface area contributed by atoms with E-state index in [1.165, 1.54) is 0 Å². The highest BCUT2D eigenvalue weighted by atomic mass is 16.8. The molecule has 2 aromatic heterocycles. The van der Waals surface area contributed by atoms with Crippen LogP contribution in [0.3, 0.4) is 0 Å². The molecular weight excluding hydrogens is 312 g/mol. The Morgan fingerprint density at radius 2 is 2.17 bits per heavy atom. The van der Waals surface area contributed by atoms with Gasteiger partial charge in [0, 0.05) is 32.1 Å². The maximum atomic E-state index is 12.3. The molecule has 2 aliphatic heterocycles. The zero-order valence-electron chi connectivity index (χ0n) is 13.1. The first-order valence-corrected chi connectivity index (χ1v) is 7.95. The van der Waals surface area contributed by atoms with Crippen LogP contribution in [-0.2, 0) is 16.0 Å². The van der Waals surface area contributed by atoms with Gasteiger partial charge < -0.3 is 24.1 Å². The molecule has 0 saturated carbocycles. The third-order valence-corrected chi connectivity index (χ3v) is 4.63. The number of amides is 2. The molecule has 2 aromatic rings. The molecule has 24 heavy (non-hydrogen) atoms. The Morgan fingerprint density at radius 3 is 2.92 bits per heavy atom. The molecule has 0 atom stereocenters. The van der Waals surface area contributed by atoms with Crippen LogP contribution >= 0.6 is 0 Å². The quantitative estimate of drug-likeness (QED) is 0.845. The number of rotatable bonds is 2. The van der Waals surface area contributed by atoms with E-state index in [9.17, 15) is 9.59 Å². The van der Waals surface area contributed by atoms with Gasteiger partial charge in [-0.15, -0.1) is 0 Å². The van der Waals surface area contributed by atoms with Crippen LogP contribution in [0.4, 0.5) is 9.59 Å². The number of carbonyl (C=O) groups is 2. The first-order valence-electron chi connectivity index (χ1n) is 7.95. The Morgan fingerprint density at radius 1 is 1.33 bits per heavy atom. The maximum absolute atomic E-state index is 12.3. The number of nitrogens with zero attached hydrogens (tertiary/aromatic N) is 3. The summed E-state index contributed by atoms with van der Waals surface area (Å²) in [7, 11) is 0. The lowest BCUT2D eigenvalue weighted by Gasteiger charge is -2.36. The molecule has 2 fully saturated rings. The molecule has 1 spiro atoms. The number of imidazole rings is 1. The van der Waals surface area contributed by atoms with Gasteiger partial charge in [0.05, 0.1) is 18.4 Å². The molecule has 8 nitrogen and oxygen atoms in total. The molecule has 0 radical (unpaired) electrons. The van der Waals surface area contributed by atoms with E-state index in [1.54, 1.807) is 11.1 Å². The molecule has 0 unspecified atom stereocenters. The highest BCUT2D eigenvalue weighted by Crippen LogP contribution is 2.31. The van der Waals surface area contributed by atoms with Gasteiger partial charge in [0.25, 0.3) is 0 Å². The van der Waals surface area contributed by atoms with E-state index in [-0.39, 0.29) is 12.6 Å². The molecule has 1 N–H and O–H groups in total. The standard InChI is InChI=1S/C16H18N4O4/c21-14(18-10-12-9-17-13-3-1-2-6-20(12)13)19-7-4-16(5-8-19)11-23-15(22)24-16/h1-3,6,9H,4-5,7-8,10-11H2,(H,18,21). The zero-order chi connectivity index (χ0) is 16.6. The molecule has 2 saturated heterocycles. The van der Waals surface area contributed by atoms with E-state index < -0.39 is 11.8 Å². The van der Waals surface area contributed by atoms with E-state index >= 15 is 0 Å². The van der Waals surface area contributed by atoms with Crippen molar-refractivity contribution in [2.75, 3.05) is 19.7 Å². The van der Waals surface area contributed by atoms with E-state index in [2.05, 4.69) is 10.3 Å². The fraction of sp³-hybridized carbons (Fsp3) is 0.438. The van der Waals surface area contributed by atoms with Crippen molar-refractivity contribution in [3.05, 3.63) is 36.3 Å². The highest BCUT2D eigenvalue weighted by Gasteiger charge is 2.45. The SMILES string of the molecule is O=C1OCC2(CCN(C(=O)NCc3cnc4ccccn34)CC2)O1. The minimum Gasteiger partial charge on any atom is -0.430 e. The van der Waals surface area contributed by atoms with Gasteiger partial charge in [0.1, 0.15) is 12.3 Å². The summed E-state index contributed by atoms with van der Waals surface area (Å²) in [6, 6.07) is 5.64. The number of aromatic nitrogens is 2. The summed E-state index contributed by atoms with van der Waals surface area (Å²) in [6.45, 7) is 1.76. The lowest BCUT2D eigenvalue weighted by molar-refractivity contribution is 0.00933. The summed E-state index contributed by atoms with van der Waals surface area (Å²) in [5, 5.41) is 2.92. The van der Waals surface area contributed by atoms with Gasteiger partial charge in [0.2, 0.25) is 0 Å². The molecule has 4 rings (SSSR count). The average molecular weight is 330 g/mol. The minimum atomic E-state index is -0.611. The monoisotopic (exact) mass is 330 g/mol. The molecule has 0 bridgehead atoms. The van der Waals surface area contributed by atoms with Crippen molar-refractivity contribution in [1.29, 1.82) is 0 Å². The summed E-state index contributed by atoms with van der Waals surface area (Å²) in [6.07, 6.45) is 4.27. The zero-order valence-corrected chi connectivity index (χ0v) is 13.1. The third kappa shape index (κ3) is 2.64. The van der Waals surface area contributed by atoms with Gasteiger partial charge in [-0.2, -0.15) is 0 Å². The van der Waals surface area contributed by atoms with E-state index in [0.717, 1.165) is 11.3 Å². The number of hydrogen-bond acceptors (Lipinski definition) is 5. The lowest BCUT2D eigenvalue weighted by atomic mass is 9.92. The van der Waals surface area contributed by atoms with Crippen LogP contribution in [0.15, 0.2) is 30.6 Å². The number of piperidine rings is 1. The predicted octanol–water partition coefficient (Wildman–Crippen LogP) is 1.55. The van der Waals surface area contributed by atoms with Crippen molar-refractivity contribution in [2.45, 2.75) is 25.0 Å². The van der Waals surface area contributed by atoms with Crippen molar-refractivity contribution in [2.24, 2.45) is 0 Å². The van der Waals surface area contributed by atoms with Crippen LogP contribution in [0, 0.1) is 0 Å². The third-order valence-electron chi connectivity index (χ3n) is 4.63. The van der Waals surface area contributed by atoms with Gasteiger partial charge in [-0.1, -0.05) is 6.07 Å². The molecule has 0 aromatic carbocycles. The number of pyridine rings is 1. The second kappa shape index (κ2) is 5.70. The number of likely N-dealkylation sites (tertiary alicyclic amines) is 1. The Balaban J connectivity index is 1.33. The van der Waals surface area contributed by atoms with Crippen molar-refractivity contribution in [3.8, 4) is 0 Å². The van der Waals surface area contributed by atoms with Crippen molar-refractivity contribution in [3.63, 3.8) is 0 Å². The first-order chi connectivity index (χ1) is 11.7. The number of carbonyl (C=O) groups excluding carboxylic acids is 2. The van der Waals surface area contributed by atoms with Crippen LogP contribution in [0.1, 0.15) is 18.5 Å². The van der Waals surface area contributed by atoms with Gasteiger partial charge in [-0.3, -0.25) is 0 Å². The summed E-state index contributed by atoms with van der Waals surface area (Å²) >= 11 is 0. The Labute approximate surface area is 138 Å². The normalized spacial score (nSPS) is 19.3. The Kier molecular flexibility index (Phi) is 3.51. The fourth-order valence-corrected chi connectivity index (χ4v) is 3.18. The van der Waals surface area contributed by atoms with Crippen molar-refractivity contribution < 1.29 is 19.1 Å². The summed E-state index contributed by atoms with van der Waals surface area (Å²) in [5.41, 5.74) is 1.23. The number of cyclic esters (lactones) is 1. The van der Waals surface area contributed by atoms with Crippen molar-refractivity contribution >= 4 is 17.8 Å². The van der Waals surface area contributed by atoms with E-state index in [1.807, 2.05) is 28.8 Å². The topological polar surface area (TPSA) is 85.2 Å². The molecule has 2 amide bonds. The van der Waals surface area contributed by atoms with Crippen LogP contribution in [0.25, 0.3) is 5.65 Å². The van der Waals surface area contributed by atoms with Crippen LogP contribution in [0.5, 0.6) is 0 Å². The molecule has 8 heteroatoms. The summed E-state index contributed by atoms with van der Waals surface area (Å²) in [4.78, 5) is 29.5. The van der Waals surface area contributed by atoms with Crippen LogP contribution in [-0.4, -0.2) is 51.8 Å². The number of nitrogens with one attached hydrogen (secondary N) is 1. The number of hydrogen-bond donors (Lipinski definition) is 1. The van der Waals surface area contributed by atoms with Gasteiger partial charge >= 0.3 is 12.2 Å². The number of urea groups is 1. The molecular formula is C16H18N4O4. The molecule has 2 aliphatic rings. The average Bonchev–Trinajstić information content (AvgIpc) is 3.17. The summed E-state index contributed by atoms with van der Waals surface area (Å²) < 4.78 is 12.1. The second-order valence-corrected chi connectivity index (χ2v) is 6.15. The smallest absolute Gasteiger partial charge is 0.430 e. The van der Waals surface area contributed by atoms with Gasteiger partial charge in [-0.05, 0) is 12.1 Å². The Bertz CT molecular complexity index is 779. The first kappa shape index (κ1) is 14.8. The highest BCUT2D eigenvalue weighted by molar-refractivity contribution is 5.74. The molecule has 4 heterocycles. The van der Waals surface area contributed by atoms with Crippen LogP contribution < -0.4 is 5.32 Å². The van der Waals surface area contributed by atoms with E-state index in [4.69, 9.17) is 9.47 Å². The minimum absolute atomic E-state index is 0.124. The maximum Gasteiger partial charge on any atom is 0.509 e. The largest absolute Gasteiger partial charge is 0.509 e. The fourth-order valence-electron chi connectivity index (χ4n) is 3.18. The second-order valence-electron chi connectivity index (χ2n) is 6.15. The molecule has 126 valence electrons. The molecule has 0 aliphatic carbocycles. The summed E-state index contributed by atoms with van der Waals surface area (Å²) in [5.74, 6) is 0. The number of ether oxygens (including phenoxy) is 2. The Hall–Kier alpha value is -2.77. The predicted molar refractivity (Wildman–Crippen MR) is 83.4 cm³/mol. The van der Waals surface area contributed by atoms with Crippen LogP contribution in [0.2, 0.25) is 0 Å². The van der Waals surface area contributed by atoms with E-state index in [0.29, 0.717) is 32.5 Å². The lowest BCUT2D eigenvalue weighted by Crippen LogP contribution is -2.50. The van der Waals surface area contributed by atoms with Gasteiger partial charge in [-0.25, -0.2) is 14.6 Å². The number of fused-ring (bicyclic) bond motifs is 1. The van der Waals surface area contributed by atoms with Crippen molar-refractivity contribution in [1.82, 2.24) is 19.6 Å².